The highest BCUT2D eigenvalue weighted by atomic mass is 16.5. The van der Waals surface area contributed by atoms with Gasteiger partial charge in [0.1, 0.15) is 5.75 Å². The lowest BCUT2D eigenvalue weighted by Gasteiger charge is -2.13. The molecule has 2 aromatic rings. The summed E-state index contributed by atoms with van der Waals surface area (Å²) < 4.78 is 5.94. The molecule has 1 amide bonds. The first-order chi connectivity index (χ1) is 11.6. The van der Waals surface area contributed by atoms with E-state index in [0.717, 1.165) is 29.0 Å². The second kappa shape index (κ2) is 7.39. The Balaban J connectivity index is 1.56. The zero-order chi connectivity index (χ0) is 16.9. The molecule has 0 saturated heterocycles. The van der Waals surface area contributed by atoms with Gasteiger partial charge in [0.05, 0.1) is 13.0 Å². The van der Waals surface area contributed by atoms with Crippen molar-refractivity contribution in [3.8, 4) is 5.75 Å². The highest BCUT2D eigenvalue weighted by Gasteiger charge is 2.22. The van der Waals surface area contributed by atoms with Gasteiger partial charge in [-0.25, -0.2) is 0 Å². The third-order valence-electron chi connectivity index (χ3n) is 4.21. The van der Waals surface area contributed by atoms with Crippen LogP contribution in [0.3, 0.4) is 0 Å². The number of ether oxygens (including phenoxy) is 1. The van der Waals surface area contributed by atoms with E-state index in [2.05, 4.69) is 5.32 Å². The van der Waals surface area contributed by atoms with Crippen LogP contribution in [0.25, 0.3) is 0 Å². The second-order valence-electron chi connectivity index (χ2n) is 6.56. The molecular weight excluding hydrogens is 300 g/mol. The maximum atomic E-state index is 12.1. The molecule has 0 heterocycles. The maximum Gasteiger partial charge on any atom is 0.224 e. The van der Waals surface area contributed by atoms with Crippen molar-refractivity contribution in [3.05, 3.63) is 59.2 Å². The number of benzene rings is 2. The van der Waals surface area contributed by atoms with Gasteiger partial charge in [-0.15, -0.1) is 0 Å². The standard InChI is InChI=1S/C20H24N2O2/c1-14-2-7-17(19(10-14)24-13-16-3-4-16)12-22-20(23)11-15-5-8-18(21)9-6-15/h2,5-10,16H,3-4,11-13,21H2,1H3,(H,22,23). The summed E-state index contributed by atoms with van der Waals surface area (Å²) in [5.74, 6) is 1.58. The van der Waals surface area contributed by atoms with Crippen molar-refractivity contribution in [3.63, 3.8) is 0 Å². The molecule has 1 aliphatic rings. The van der Waals surface area contributed by atoms with Gasteiger partial charge in [-0.3, -0.25) is 4.79 Å². The number of hydrogen-bond acceptors (Lipinski definition) is 3. The minimum atomic E-state index is -0.00603. The summed E-state index contributed by atoms with van der Waals surface area (Å²) in [6.07, 6.45) is 2.88. The maximum absolute atomic E-state index is 12.1. The van der Waals surface area contributed by atoms with Crippen LogP contribution in [0.4, 0.5) is 5.69 Å². The van der Waals surface area contributed by atoms with E-state index in [9.17, 15) is 4.79 Å². The zero-order valence-corrected chi connectivity index (χ0v) is 14.0. The normalized spacial score (nSPS) is 13.5. The van der Waals surface area contributed by atoms with Gasteiger partial charge >= 0.3 is 0 Å². The van der Waals surface area contributed by atoms with Crippen molar-refractivity contribution >= 4 is 11.6 Å². The Kier molecular flexibility index (Phi) is 5.04. The number of nitrogens with two attached hydrogens (primary N) is 1. The van der Waals surface area contributed by atoms with Gasteiger partial charge in [0.25, 0.3) is 0 Å². The lowest BCUT2D eigenvalue weighted by molar-refractivity contribution is -0.120. The summed E-state index contributed by atoms with van der Waals surface area (Å²) in [7, 11) is 0. The van der Waals surface area contributed by atoms with Gasteiger partial charge in [-0.1, -0.05) is 24.3 Å². The molecule has 0 aromatic heterocycles. The van der Waals surface area contributed by atoms with Crippen LogP contribution in [0, 0.1) is 12.8 Å². The van der Waals surface area contributed by atoms with E-state index in [1.807, 2.05) is 49.4 Å². The Morgan fingerprint density at radius 3 is 2.67 bits per heavy atom. The van der Waals surface area contributed by atoms with Crippen LogP contribution in [0.1, 0.15) is 29.5 Å². The Labute approximate surface area is 143 Å². The van der Waals surface area contributed by atoms with E-state index in [-0.39, 0.29) is 5.91 Å². The van der Waals surface area contributed by atoms with Crippen LogP contribution in [-0.2, 0) is 17.8 Å². The van der Waals surface area contributed by atoms with Crippen molar-refractivity contribution in [2.45, 2.75) is 32.7 Å². The van der Waals surface area contributed by atoms with E-state index in [1.165, 1.54) is 12.8 Å². The number of amides is 1. The molecule has 4 heteroatoms. The molecule has 0 unspecified atom stereocenters. The van der Waals surface area contributed by atoms with Crippen LogP contribution < -0.4 is 15.8 Å². The first-order valence-electron chi connectivity index (χ1n) is 8.43. The zero-order valence-electron chi connectivity index (χ0n) is 14.0. The number of anilines is 1. The average molecular weight is 324 g/mol. The number of rotatable bonds is 7. The van der Waals surface area contributed by atoms with Crippen LogP contribution in [0.2, 0.25) is 0 Å². The summed E-state index contributed by atoms with van der Waals surface area (Å²) in [5.41, 5.74) is 9.50. The minimum absolute atomic E-state index is 0.00603. The van der Waals surface area contributed by atoms with E-state index in [0.29, 0.717) is 24.6 Å². The quantitative estimate of drug-likeness (QED) is 0.769. The molecule has 126 valence electrons. The largest absolute Gasteiger partial charge is 0.493 e. The molecule has 24 heavy (non-hydrogen) atoms. The van der Waals surface area contributed by atoms with Crippen LogP contribution in [0.15, 0.2) is 42.5 Å². The van der Waals surface area contributed by atoms with Gasteiger partial charge < -0.3 is 15.8 Å². The Hall–Kier alpha value is -2.49. The molecule has 0 spiro atoms. The molecule has 4 nitrogen and oxygen atoms in total. The van der Waals surface area contributed by atoms with Crippen LogP contribution in [-0.4, -0.2) is 12.5 Å². The molecule has 3 N–H and O–H groups in total. The topological polar surface area (TPSA) is 64.4 Å². The number of carbonyl (C=O) groups excluding carboxylic acids is 1. The number of aryl methyl sites for hydroxylation is 1. The van der Waals surface area contributed by atoms with Crippen molar-refractivity contribution in [2.75, 3.05) is 12.3 Å². The summed E-state index contributed by atoms with van der Waals surface area (Å²) >= 11 is 0. The van der Waals surface area contributed by atoms with E-state index in [4.69, 9.17) is 10.5 Å². The molecular formula is C20H24N2O2. The predicted molar refractivity (Wildman–Crippen MR) is 95.8 cm³/mol. The summed E-state index contributed by atoms with van der Waals surface area (Å²) in [6, 6.07) is 13.5. The molecule has 0 atom stereocenters. The number of hydrogen-bond donors (Lipinski definition) is 2. The van der Waals surface area contributed by atoms with Gasteiger partial charge in [-0.2, -0.15) is 0 Å². The molecule has 0 aliphatic heterocycles. The third kappa shape index (κ3) is 4.75. The summed E-state index contributed by atoms with van der Waals surface area (Å²) in [5, 5.41) is 2.97. The summed E-state index contributed by atoms with van der Waals surface area (Å²) in [4.78, 5) is 12.1. The highest BCUT2D eigenvalue weighted by Crippen LogP contribution is 2.30. The van der Waals surface area contributed by atoms with Crippen LogP contribution in [0.5, 0.6) is 5.75 Å². The minimum Gasteiger partial charge on any atom is -0.493 e. The SMILES string of the molecule is Cc1ccc(CNC(=O)Cc2ccc(N)cc2)c(OCC2CC2)c1. The van der Waals surface area contributed by atoms with Gasteiger partial charge in [0.15, 0.2) is 0 Å². The van der Waals surface area contributed by atoms with E-state index >= 15 is 0 Å². The van der Waals surface area contributed by atoms with Gasteiger partial charge in [0, 0.05) is 17.8 Å². The average Bonchev–Trinajstić information content (AvgIpc) is 3.38. The molecule has 3 rings (SSSR count). The molecule has 0 bridgehead atoms. The van der Waals surface area contributed by atoms with Crippen molar-refractivity contribution in [1.29, 1.82) is 0 Å². The molecule has 2 aromatic carbocycles. The fraction of sp³-hybridized carbons (Fsp3) is 0.350. The van der Waals surface area contributed by atoms with Crippen molar-refractivity contribution in [1.82, 2.24) is 5.32 Å². The Bertz CT molecular complexity index is 706. The fourth-order valence-electron chi connectivity index (χ4n) is 2.51. The Morgan fingerprint density at radius 1 is 1.21 bits per heavy atom. The highest BCUT2D eigenvalue weighted by molar-refractivity contribution is 5.78. The lowest BCUT2D eigenvalue weighted by atomic mass is 10.1. The second-order valence-corrected chi connectivity index (χ2v) is 6.56. The number of nitrogen functional groups attached to an aromatic ring is 1. The summed E-state index contributed by atoms with van der Waals surface area (Å²) in [6.45, 7) is 3.30. The Morgan fingerprint density at radius 2 is 1.96 bits per heavy atom. The fourth-order valence-corrected chi connectivity index (χ4v) is 2.51. The van der Waals surface area contributed by atoms with E-state index < -0.39 is 0 Å². The molecule has 1 saturated carbocycles. The molecule has 1 fully saturated rings. The predicted octanol–water partition coefficient (Wildman–Crippen LogP) is 3.22. The first kappa shape index (κ1) is 16.4. The van der Waals surface area contributed by atoms with Gasteiger partial charge in [0.2, 0.25) is 5.91 Å². The van der Waals surface area contributed by atoms with Crippen molar-refractivity contribution < 1.29 is 9.53 Å². The van der Waals surface area contributed by atoms with E-state index in [1.54, 1.807) is 0 Å². The number of carbonyl (C=O) groups is 1. The molecule has 1 aliphatic carbocycles. The first-order valence-corrected chi connectivity index (χ1v) is 8.43. The van der Waals surface area contributed by atoms with Crippen molar-refractivity contribution in [2.24, 2.45) is 5.92 Å². The monoisotopic (exact) mass is 324 g/mol. The molecule has 0 radical (unpaired) electrons. The lowest BCUT2D eigenvalue weighted by Crippen LogP contribution is -2.25. The van der Waals surface area contributed by atoms with Gasteiger partial charge in [-0.05, 0) is 55.0 Å². The van der Waals surface area contributed by atoms with Crippen LogP contribution >= 0.6 is 0 Å². The third-order valence-corrected chi connectivity index (χ3v) is 4.21. The smallest absolute Gasteiger partial charge is 0.224 e. The number of nitrogens with one attached hydrogen (secondary N) is 1.